The summed E-state index contributed by atoms with van der Waals surface area (Å²) >= 11 is 1.39. The fraction of sp³-hybridized carbons (Fsp3) is 0.200. The lowest BCUT2D eigenvalue weighted by atomic mass is 10.1. The maximum Gasteiger partial charge on any atom is 0.416 e. The molecule has 0 fully saturated rings. The van der Waals surface area contributed by atoms with Gasteiger partial charge in [0.15, 0.2) is 0 Å². The van der Waals surface area contributed by atoms with E-state index in [1.807, 2.05) is 6.92 Å². The number of rotatable bonds is 5. The predicted molar refractivity (Wildman–Crippen MR) is 102 cm³/mol. The number of thiazole rings is 1. The van der Waals surface area contributed by atoms with E-state index in [2.05, 4.69) is 4.98 Å². The van der Waals surface area contributed by atoms with Crippen LogP contribution in [0.15, 0.2) is 42.5 Å². The molecule has 8 heteroatoms. The monoisotopic (exact) mass is 406 g/mol. The fourth-order valence-corrected chi connectivity index (χ4v) is 3.96. The van der Waals surface area contributed by atoms with Gasteiger partial charge in [-0.3, -0.25) is 4.79 Å². The molecule has 2 aromatic carbocycles. The van der Waals surface area contributed by atoms with Crippen LogP contribution >= 0.6 is 11.3 Å². The molecule has 3 aromatic rings. The highest BCUT2D eigenvalue weighted by Crippen LogP contribution is 2.35. The van der Waals surface area contributed by atoms with Gasteiger partial charge in [0.05, 0.1) is 33.8 Å². The lowest BCUT2D eigenvalue weighted by Gasteiger charge is -2.08. The number of carbonyl (C=O) groups is 1. The highest BCUT2D eigenvalue weighted by Gasteiger charge is 2.30. The van der Waals surface area contributed by atoms with Crippen molar-refractivity contribution in [2.24, 2.45) is 5.73 Å². The van der Waals surface area contributed by atoms with E-state index >= 15 is 0 Å². The van der Waals surface area contributed by atoms with Crippen LogP contribution in [0.25, 0.3) is 10.4 Å². The minimum atomic E-state index is -4.38. The van der Waals surface area contributed by atoms with Gasteiger partial charge in [-0.15, -0.1) is 11.3 Å². The quantitative estimate of drug-likeness (QED) is 0.660. The van der Waals surface area contributed by atoms with E-state index in [0.29, 0.717) is 22.7 Å². The third-order valence-corrected chi connectivity index (χ3v) is 5.39. The summed E-state index contributed by atoms with van der Waals surface area (Å²) in [6, 6.07) is 10.3. The first-order chi connectivity index (χ1) is 13.2. The molecule has 1 heterocycles. The first-order valence-corrected chi connectivity index (χ1v) is 9.11. The number of halogens is 3. The summed E-state index contributed by atoms with van der Waals surface area (Å²) < 4.78 is 43.9. The van der Waals surface area contributed by atoms with Gasteiger partial charge in [-0.25, -0.2) is 4.98 Å². The van der Waals surface area contributed by atoms with E-state index in [1.54, 1.807) is 24.3 Å². The van der Waals surface area contributed by atoms with Crippen LogP contribution in [0.4, 0.5) is 13.2 Å². The van der Waals surface area contributed by atoms with E-state index < -0.39 is 17.6 Å². The third-order valence-electron chi connectivity index (χ3n) is 4.18. The van der Waals surface area contributed by atoms with Gasteiger partial charge >= 0.3 is 6.18 Å². The Morgan fingerprint density at radius 1 is 1.21 bits per heavy atom. The Bertz CT molecular complexity index is 1030. The second-order valence-corrected chi connectivity index (χ2v) is 7.26. The van der Waals surface area contributed by atoms with E-state index in [0.717, 1.165) is 28.3 Å². The normalized spacial score (nSPS) is 11.5. The van der Waals surface area contributed by atoms with Crippen molar-refractivity contribution in [3.63, 3.8) is 0 Å². The number of ether oxygens (including phenoxy) is 1. The zero-order chi connectivity index (χ0) is 20.5. The van der Waals surface area contributed by atoms with Crippen molar-refractivity contribution in [3.8, 4) is 16.2 Å². The van der Waals surface area contributed by atoms with Gasteiger partial charge in [0.1, 0.15) is 5.75 Å². The number of aromatic nitrogens is 1. The maximum atomic E-state index is 12.9. The first kappa shape index (κ1) is 19.9. The van der Waals surface area contributed by atoms with E-state index in [4.69, 9.17) is 10.5 Å². The average molecular weight is 406 g/mol. The molecule has 1 amide bonds. The van der Waals surface area contributed by atoms with E-state index in [9.17, 15) is 18.0 Å². The van der Waals surface area contributed by atoms with Crippen molar-refractivity contribution in [2.75, 3.05) is 7.11 Å². The largest absolute Gasteiger partial charge is 0.496 e. The molecule has 0 atom stereocenters. The van der Waals surface area contributed by atoms with Crippen molar-refractivity contribution < 1.29 is 22.7 Å². The molecule has 0 unspecified atom stereocenters. The van der Waals surface area contributed by atoms with Crippen LogP contribution in [0.3, 0.4) is 0 Å². The van der Waals surface area contributed by atoms with Crippen LogP contribution in [-0.2, 0) is 12.6 Å². The summed E-state index contributed by atoms with van der Waals surface area (Å²) in [5.41, 5.74) is 7.02. The number of benzene rings is 2. The molecule has 3 rings (SSSR count). The highest BCUT2D eigenvalue weighted by atomic mass is 32.1. The molecule has 0 saturated carbocycles. The summed E-state index contributed by atoms with van der Waals surface area (Å²) in [5.74, 6) is -0.230. The van der Waals surface area contributed by atoms with Crippen LogP contribution in [0.1, 0.15) is 32.2 Å². The van der Waals surface area contributed by atoms with Crippen molar-refractivity contribution in [1.82, 2.24) is 4.98 Å². The number of amides is 1. The summed E-state index contributed by atoms with van der Waals surface area (Å²) in [6.45, 7) is 1.83. The van der Waals surface area contributed by atoms with Crippen LogP contribution in [0.5, 0.6) is 5.75 Å². The molecule has 4 nitrogen and oxygen atoms in total. The lowest BCUT2D eigenvalue weighted by Crippen LogP contribution is -2.12. The Kier molecular flexibility index (Phi) is 5.42. The summed E-state index contributed by atoms with van der Waals surface area (Å²) in [5, 5.41) is 0.699. The van der Waals surface area contributed by atoms with Crippen molar-refractivity contribution >= 4 is 17.2 Å². The topological polar surface area (TPSA) is 65.2 Å². The second kappa shape index (κ2) is 7.63. The molecule has 0 aliphatic carbocycles. The van der Waals surface area contributed by atoms with Gasteiger partial charge in [-0.05, 0) is 36.2 Å². The number of nitrogens with zero attached hydrogens (tertiary/aromatic N) is 1. The maximum absolute atomic E-state index is 12.9. The van der Waals surface area contributed by atoms with Gasteiger partial charge < -0.3 is 10.5 Å². The SMILES string of the molecule is COc1cc(-c2sc(Cc3cccc(C(F)(F)F)c3)nc2C)ccc1C(N)=O. The molecule has 2 N–H and O–H groups in total. The van der Waals surface area contributed by atoms with E-state index in [-0.39, 0.29) is 5.56 Å². The second-order valence-electron chi connectivity index (χ2n) is 6.18. The van der Waals surface area contributed by atoms with Gasteiger partial charge in [0, 0.05) is 6.42 Å². The number of alkyl halides is 3. The number of hydrogen-bond acceptors (Lipinski definition) is 4. The van der Waals surface area contributed by atoms with Crippen molar-refractivity contribution in [3.05, 3.63) is 69.9 Å². The van der Waals surface area contributed by atoms with Crippen molar-refractivity contribution in [1.29, 1.82) is 0 Å². The number of aryl methyl sites for hydroxylation is 1. The number of carbonyl (C=O) groups excluding carboxylic acids is 1. The summed E-state index contributed by atoms with van der Waals surface area (Å²) in [4.78, 5) is 16.8. The standard InChI is InChI=1S/C20H17F3N2O2S/c1-11-18(13-6-7-15(19(24)26)16(10-13)27-2)28-17(25-11)9-12-4-3-5-14(8-12)20(21,22)23/h3-8,10H,9H2,1-2H3,(H2,24,26). The minimum Gasteiger partial charge on any atom is -0.496 e. The molecule has 28 heavy (non-hydrogen) atoms. The average Bonchev–Trinajstić information content (AvgIpc) is 3.00. The third kappa shape index (κ3) is 4.17. The van der Waals surface area contributed by atoms with Gasteiger partial charge in [0.2, 0.25) is 0 Å². The Hall–Kier alpha value is -2.87. The zero-order valence-corrected chi connectivity index (χ0v) is 15.9. The Morgan fingerprint density at radius 2 is 1.96 bits per heavy atom. The predicted octanol–water partition coefficient (Wildman–Crippen LogP) is 4.84. The molecule has 0 radical (unpaired) electrons. The van der Waals surface area contributed by atoms with Gasteiger partial charge in [-0.2, -0.15) is 13.2 Å². The molecule has 146 valence electrons. The number of methoxy groups -OCH3 is 1. The Balaban J connectivity index is 1.91. The van der Waals surface area contributed by atoms with Crippen LogP contribution in [0, 0.1) is 6.92 Å². The number of nitrogens with two attached hydrogens (primary N) is 1. The molecule has 0 spiro atoms. The Morgan fingerprint density at radius 3 is 2.61 bits per heavy atom. The molecule has 0 saturated heterocycles. The van der Waals surface area contributed by atoms with Gasteiger partial charge in [0.25, 0.3) is 5.91 Å². The Labute approximate surface area is 163 Å². The summed E-state index contributed by atoms with van der Waals surface area (Å²) in [7, 11) is 1.45. The zero-order valence-electron chi connectivity index (χ0n) is 15.1. The van der Waals surface area contributed by atoms with Crippen LogP contribution < -0.4 is 10.5 Å². The minimum absolute atomic E-state index is 0.276. The molecule has 0 aliphatic heterocycles. The van der Waals surface area contributed by atoms with Crippen LogP contribution in [-0.4, -0.2) is 18.0 Å². The van der Waals surface area contributed by atoms with Gasteiger partial charge in [-0.1, -0.05) is 24.3 Å². The molecule has 0 bridgehead atoms. The molecule has 1 aromatic heterocycles. The molecular weight excluding hydrogens is 389 g/mol. The first-order valence-electron chi connectivity index (χ1n) is 8.29. The molecule has 0 aliphatic rings. The lowest BCUT2D eigenvalue weighted by molar-refractivity contribution is -0.137. The molecular formula is C20H17F3N2O2S. The van der Waals surface area contributed by atoms with E-state index in [1.165, 1.54) is 24.5 Å². The van der Waals surface area contributed by atoms with Crippen LogP contribution in [0.2, 0.25) is 0 Å². The summed E-state index contributed by atoms with van der Waals surface area (Å²) in [6.07, 6.45) is -4.08. The smallest absolute Gasteiger partial charge is 0.416 e. The fourth-order valence-electron chi connectivity index (χ4n) is 2.86. The van der Waals surface area contributed by atoms with Crippen molar-refractivity contribution in [2.45, 2.75) is 19.5 Å². The number of hydrogen-bond donors (Lipinski definition) is 1. The number of primary amides is 1. The highest BCUT2D eigenvalue weighted by molar-refractivity contribution is 7.15.